The van der Waals surface area contributed by atoms with Crippen molar-refractivity contribution >= 4 is 11.6 Å². The maximum atomic E-state index is 6.08. The summed E-state index contributed by atoms with van der Waals surface area (Å²) in [7, 11) is 8.31. The Morgan fingerprint density at radius 2 is 1.21 bits per heavy atom. The number of rotatable bonds is 11. The predicted octanol–water partition coefficient (Wildman–Crippen LogP) is 7.17. The summed E-state index contributed by atoms with van der Waals surface area (Å²) in [5, 5.41) is 0.774. The fraction of sp³-hybridized carbons (Fsp3) is 0.303. The van der Waals surface area contributed by atoms with Crippen molar-refractivity contribution in [2.24, 2.45) is 0 Å². The molecule has 38 heavy (non-hydrogen) atoms. The van der Waals surface area contributed by atoms with Crippen molar-refractivity contribution < 1.29 is 4.74 Å². The first-order chi connectivity index (χ1) is 18.4. The molecule has 0 aliphatic heterocycles. The number of aromatic nitrogens is 1. The number of hydrogen-bond donors (Lipinski definition) is 0. The molecular formula is C33H40ClN3O. The van der Waals surface area contributed by atoms with Crippen LogP contribution in [0.3, 0.4) is 0 Å². The first kappa shape index (κ1) is 29.5. The molecule has 0 fully saturated rings. The molecule has 1 heterocycles. The smallest absolute Gasteiger partial charge is 0.108 e. The van der Waals surface area contributed by atoms with Crippen molar-refractivity contribution in [3.05, 3.63) is 137 Å². The van der Waals surface area contributed by atoms with E-state index < -0.39 is 0 Å². The molecule has 4 nitrogen and oxygen atoms in total. The normalized spacial score (nSPS) is 11.9. The van der Waals surface area contributed by atoms with Gasteiger partial charge in [0, 0.05) is 29.4 Å². The minimum Gasteiger partial charge on any atom is -0.367 e. The molecule has 0 N–H and O–H groups in total. The summed E-state index contributed by atoms with van der Waals surface area (Å²) in [6.07, 6.45) is 2.92. The van der Waals surface area contributed by atoms with Gasteiger partial charge >= 0.3 is 0 Å². The summed E-state index contributed by atoms with van der Waals surface area (Å²) >= 11 is 5.97. The van der Waals surface area contributed by atoms with E-state index in [0.717, 1.165) is 36.8 Å². The van der Waals surface area contributed by atoms with Crippen LogP contribution in [0.15, 0.2) is 109 Å². The van der Waals surface area contributed by atoms with E-state index in [-0.39, 0.29) is 6.10 Å². The van der Waals surface area contributed by atoms with E-state index in [9.17, 15) is 0 Å². The van der Waals surface area contributed by atoms with Crippen molar-refractivity contribution in [3.63, 3.8) is 0 Å². The molecule has 0 saturated heterocycles. The number of pyridine rings is 1. The zero-order valence-corrected chi connectivity index (χ0v) is 23.8. The van der Waals surface area contributed by atoms with Crippen molar-refractivity contribution in [2.45, 2.75) is 18.4 Å². The van der Waals surface area contributed by atoms with Gasteiger partial charge in [-0.2, -0.15) is 0 Å². The number of halogens is 1. The highest BCUT2D eigenvalue weighted by Gasteiger charge is 2.16. The second-order valence-corrected chi connectivity index (χ2v) is 10.3. The van der Waals surface area contributed by atoms with Crippen LogP contribution in [-0.2, 0) is 4.74 Å². The van der Waals surface area contributed by atoms with Gasteiger partial charge in [0.25, 0.3) is 0 Å². The Bertz CT molecular complexity index is 1110. The molecule has 1 atom stereocenters. The van der Waals surface area contributed by atoms with Gasteiger partial charge in [0.2, 0.25) is 0 Å². The van der Waals surface area contributed by atoms with E-state index in [0.29, 0.717) is 5.92 Å². The molecule has 1 aromatic heterocycles. The molecule has 5 heteroatoms. The van der Waals surface area contributed by atoms with E-state index >= 15 is 0 Å². The lowest BCUT2D eigenvalue weighted by atomic mass is 9.92. The van der Waals surface area contributed by atoms with Crippen LogP contribution in [0.4, 0.5) is 0 Å². The van der Waals surface area contributed by atoms with Gasteiger partial charge < -0.3 is 14.5 Å². The van der Waals surface area contributed by atoms with Crippen LogP contribution in [0.2, 0.25) is 5.02 Å². The van der Waals surface area contributed by atoms with Crippen molar-refractivity contribution in [3.8, 4) is 0 Å². The Hall–Kier alpha value is -3.02. The highest BCUT2D eigenvalue weighted by Crippen LogP contribution is 2.28. The molecular weight excluding hydrogens is 490 g/mol. The molecule has 3 aromatic carbocycles. The maximum Gasteiger partial charge on any atom is 0.108 e. The first-order valence-corrected chi connectivity index (χ1v) is 13.5. The van der Waals surface area contributed by atoms with Crippen LogP contribution in [-0.4, -0.2) is 62.7 Å². The van der Waals surface area contributed by atoms with E-state index in [1.165, 1.54) is 16.7 Å². The van der Waals surface area contributed by atoms with Crippen LogP contribution < -0.4 is 0 Å². The summed E-state index contributed by atoms with van der Waals surface area (Å²) in [4.78, 5) is 8.84. The molecule has 200 valence electrons. The summed E-state index contributed by atoms with van der Waals surface area (Å²) in [6.45, 7) is 2.68. The van der Waals surface area contributed by atoms with Crippen molar-refractivity contribution in [2.75, 3.05) is 47.9 Å². The minimum absolute atomic E-state index is 0.0161. The Morgan fingerprint density at radius 3 is 1.71 bits per heavy atom. The van der Waals surface area contributed by atoms with Gasteiger partial charge in [0.15, 0.2) is 0 Å². The Morgan fingerprint density at radius 1 is 0.658 bits per heavy atom. The molecule has 0 radical (unpaired) electrons. The second kappa shape index (κ2) is 16.1. The number of hydrogen-bond acceptors (Lipinski definition) is 4. The molecule has 0 spiro atoms. The standard InChI is InChI=1S/C17H21NO.C16H19ClN2/c1-18(2)13-14-19-17(15-9-5-3-6-10-15)16-11-7-4-8-12-16;1-19(2)12-10-15(16-5-3-4-11-18-16)13-6-8-14(17)9-7-13/h3-12,17H,13-14H2,1-2H3;3-9,11,15H,10,12H2,1-2H3/t;15-/m.0/s1. The average molecular weight is 530 g/mol. The average Bonchev–Trinajstić information content (AvgIpc) is 2.94. The highest BCUT2D eigenvalue weighted by molar-refractivity contribution is 6.30. The zero-order chi connectivity index (χ0) is 27.2. The summed E-state index contributed by atoms with van der Waals surface area (Å²) in [5.41, 5.74) is 4.79. The quantitative estimate of drug-likeness (QED) is 0.206. The zero-order valence-electron chi connectivity index (χ0n) is 23.0. The van der Waals surface area contributed by atoms with Crippen LogP contribution in [0.25, 0.3) is 0 Å². The molecule has 0 unspecified atom stereocenters. The molecule has 4 rings (SSSR count). The fourth-order valence-corrected chi connectivity index (χ4v) is 4.27. The van der Waals surface area contributed by atoms with Crippen LogP contribution >= 0.6 is 11.6 Å². The van der Waals surface area contributed by atoms with Crippen LogP contribution in [0.5, 0.6) is 0 Å². The van der Waals surface area contributed by atoms with Gasteiger partial charge in [-0.25, -0.2) is 0 Å². The second-order valence-electron chi connectivity index (χ2n) is 9.83. The van der Waals surface area contributed by atoms with Gasteiger partial charge in [0.05, 0.1) is 6.61 Å². The fourth-order valence-electron chi connectivity index (χ4n) is 4.14. The lowest BCUT2D eigenvalue weighted by Crippen LogP contribution is -2.20. The van der Waals surface area contributed by atoms with E-state index in [2.05, 4.69) is 110 Å². The number of likely N-dealkylation sites (N-methyl/N-ethyl adjacent to an activating group) is 1. The lowest BCUT2D eigenvalue weighted by Gasteiger charge is -2.20. The third-order valence-electron chi connectivity index (χ3n) is 6.21. The number of ether oxygens (including phenoxy) is 1. The number of nitrogens with zero attached hydrogens (tertiary/aromatic N) is 3. The van der Waals surface area contributed by atoms with Gasteiger partial charge in [0.1, 0.15) is 6.10 Å². The molecule has 0 aliphatic carbocycles. The Kier molecular flexibility index (Phi) is 12.5. The molecule has 0 bridgehead atoms. The van der Waals surface area contributed by atoms with E-state index in [1.54, 1.807) is 0 Å². The first-order valence-electron chi connectivity index (χ1n) is 13.1. The molecule has 0 aliphatic rings. The highest BCUT2D eigenvalue weighted by atomic mass is 35.5. The van der Waals surface area contributed by atoms with E-state index in [4.69, 9.17) is 16.3 Å². The predicted molar refractivity (Wildman–Crippen MR) is 160 cm³/mol. The summed E-state index contributed by atoms with van der Waals surface area (Å²) < 4.78 is 6.08. The van der Waals surface area contributed by atoms with Crippen LogP contribution in [0, 0.1) is 0 Å². The van der Waals surface area contributed by atoms with Crippen molar-refractivity contribution in [1.82, 2.24) is 14.8 Å². The van der Waals surface area contributed by atoms with Gasteiger partial charge in [-0.3, -0.25) is 4.98 Å². The molecule has 4 aromatic rings. The topological polar surface area (TPSA) is 28.6 Å². The van der Waals surface area contributed by atoms with Crippen LogP contribution in [0.1, 0.15) is 40.8 Å². The van der Waals surface area contributed by atoms with Crippen molar-refractivity contribution in [1.29, 1.82) is 0 Å². The molecule has 0 amide bonds. The third kappa shape index (κ3) is 10.0. The Labute approximate surface area is 233 Å². The van der Waals surface area contributed by atoms with Gasteiger partial charge in [-0.05, 0) is 82.1 Å². The lowest BCUT2D eigenvalue weighted by molar-refractivity contribution is 0.0687. The third-order valence-corrected chi connectivity index (χ3v) is 6.46. The monoisotopic (exact) mass is 529 g/mol. The van der Waals surface area contributed by atoms with E-state index in [1.807, 2.05) is 42.6 Å². The maximum absolute atomic E-state index is 6.08. The SMILES string of the molecule is CN(C)CCOC(c1ccccc1)c1ccccc1.CN(C)CC[C@@H](c1ccc(Cl)cc1)c1ccccn1. The Balaban J connectivity index is 0.000000211. The van der Waals surface area contributed by atoms with Gasteiger partial charge in [-0.15, -0.1) is 0 Å². The molecule has 0 saturated carbocycles. The summed E-state index contributed by atoms with van der Waals surface area (Å²) in [5.74, 6) is 0.320. The largest absolute Gasteiger partial charge is 0.367 e. The summed E-state index contributed by atoms with van der Waals surface area (Å²) in [6, 6.07) is 34.9. The minimum atomic E-state index is 0.0161. The van der Waals surface area contributed by atoms with Gasteiger partial charge in [-0.1, -0.05) is 90.5 Å². The number of benzene rings is 3.